The number of hydroxylamine groups is 1. The monoisotopic (exact) mass is 275 g/mol. The highest BCUT2D eigenvalue weighted by Crippen LogP contribution is 2.14. The van der Waals surface area contributed by atoms with Crippen LogP contribution in [0.2, 0.25) is 0 Å². The van der Waals surface area contributed by atoms with Crippen LogP contribution in [0.5, 0.6) is 0 Å². The van der Waals surface area contributed by atoms with Crippen molar-refractivity contribution < 1.29 is 19.6 Å². The summed E-state index contributed by atoms with van der Waals surface area (Å²) in [7, 11) is 1.53. The lowest BCUT2D eigenvalue weighted by Crippen LogP contribution is -2.47. The number of amides is 3. The Bertz CT molecular complexity index is 592. The van der Waals surface area contributed by atoms with Gasteiger partial charge in [0.05, 0.1) is 6.54 Å². The van der Waals surface area contributed by atoms with Crippen molar-refractivity contribution in [1.29, 1.82) is 0 Å². The molecule has 0 atom stereocenters. The summed E-state index contributed by atoms with van der Waals surface area (Å²) < 4.78 is 0. The van der Waals surface area contributed by atoms with Crippen molar-refractivity contribution >= 4 is 23.8 Å². The Balaban J connectivity index is 2.27. The molecular weight excluding hydrogens is 262 g/mol. The number of rotatable bonds is 2. The highest BCUT2D eigenvalue weighted by atomic mass is 16.5. The minimum absolute atomic E-state index is 0.0116. The Kier molecular flexibility index (Phi) is 3.81. The molecule has 0 radical (unpaired) electrons. The molecular formula is C13H13N3O4. The highest BCUT2D eigenvalue weighted by Gasteiger charge is 2.25. The molecule has 3 amide bonds. The lowest BCUT2D eigenvalue weighted by atomic mass is 10.1. The zero-order valence-electron chi connectivity index (χ0n) is 10.7. The van der Waals surface area contributed by atoms with Crippen LogP contribution in [0.4, 0.5) is 0 Å². The normalized spacial score (nSPS) is 17.1. The third kappa shape index (κ3) is 2.67. The summed E-state index contributed by atoms with van der Waals surface area (Å²) in [6.07, 6.45) is 1.55. The van der Waals surface area contributed by atoms with Crippen LogP contribution < -0.4 is 10.8 Å². The molecule has 0 saturated carbocycles. The predicted molar refractivity (Wildman–Crippen MR) is 69.5 cm³/mol. The van der Waals surface area contributed by atoms with Crippen molar-refractivity contribution in [3.05, 3.63) is 41.1 Å². The van der Waals surface area contributed by atoms with Crippen molar-refractivity contribution in [2.45, 2.75) is 0 Å². The van der Waals surface area contributed by atoms with Gasteiger partial charge < -0.3 is 10.2 Å². The third-order valence-electron chi connectivity index (χ3n) is 2.95. The molecule has 104 valence electrons. The Labute approximate surface area is 114 Å². The van der Waals surface area contributed by atoms with E-state index in [1.807, 2.05) is 0 Å². The molecule has 1 heterocycles. The summed E-state index contributed by atoms with van der Waals surface area (Å²) in [6.45, 7) is -0.0116. The topological polar surface area (TPSA) is 98.7 Å². The standard InChI is InChI=1S/C13H13N3O4/c1-16-10(13(19)14-7-11(16)17)6-8-2-4-9(5-3-8)12(18)15-20/h2-6,20H,7H2,1H3,(H,14,19)(H,15,18)/b10-6-. The fraction of sp³-hybridized carbons (Fsp3) is 0.154. The first-order chi connectivity index (χ1) is 9.52. The van der Waals surface area contributed by atoms with Crippen molar-refractivity contribution in [3.63, 3.8) is 0 Å². The number of hydrogen-bond acceptors (Lipinski definition) is 4. The summed E-state index contributed by atoms with van der Waals surface area (Å²) in [5.74, 6) is -1.15. The molecule has 0 unspecified atom stereocenters. The van der Waals surface area contributed by atoms with E-state index in [9.17, 15) is 14.4 Å². The van der Waals surface area contributed by atoms with Gasteiger partial charge in [0, 0.05) is 12.6 Å². The Morgan fingerprint density at radius 1 is 1.35 bits per heavy atom. The molecule has 2 rings (SSSR count). The predicted octanol–water partition coefficient (Wildman–Crippen LogP) is -0.265. The number of carbonyl (C=O) groups excluding carboxylic acids is 3. The zero-order chi connectivity index (χ0) is 14.7. The second-order valence-corrected chi connectivity index (χ2v) is 4.23. The van der Waals surface area contributed by atoms with Crippen LogP contribution in [0, 0.1) is 0 Å². The molecule has 1 saturated heterocycles. The molecule has 1 aromatic rings. The SMILES string of the molecule is CN1C(=O)CNC(=O)/C1=C/c1ccc(C(=O)NO)cc1. The van der Waals surface area contributed by atoms with E-state index >= 15 is 0 Å². The summed E-state index contributed by atoms with van der Waals surface area (Å²) in [4.78, 5) is 35.7. The average Bonchev–Trinajstić information content (AvgIpc) is 2.47. The first kappa shape index (κ1) is 13.8. The molecule has 0 aromatic heterocycles. The lowest BCUT2D eigenvalue weighted by Gasteiger charge is -2.25. The molecule has 7 nitrogen and oxygen atoms in total. The molecule has 0 spiro atoms. The molecule has 20 heavy (non-hydrogen) atoms. The summed E-state index contributed by atoms with van der Waals surface area (Å²) >= 11 is 0. The largest absolute Gasteiger partial charge is 0.342 e. The maximum Gasteiger partial charge on any atom is 0.274 e. The van der Waals surface area contributed by atoms with E-state index in [0.29, 0.717) is 5.56 Å². The van der Waals surface area contributed by atoms with E-state index in [2.05, 4.69) is 5.32 Å². The van der Waals surface area contributed by atoms with Gasteiger partial charge >= 0.3 is 0 Å². The number of hydrogen-bond donors (Lipinski definition) is 3. The first-order valence-electron chi connectivity index (χ1n) is 5.84. The highest BCUT2D eigenvalue weighted by molar-refractivity contribution is 6.05. The minimum Gasteiger partial charge on any atom is -0.342 e. The second-order valence-electron chi connectivity index (χ2n) is 4.23. The van der Waals surface area contributed by atoms with Gasteiger partial charge in [-0.2, -0.15) is 0 Å². The van der Waals surface area contributed by atoms with Crippen LogP contribution in [0.25, 0.3) is 6.08 Å². The van der Waals surface area contributed by atoms with Gasteiger partial charge in [-0.05, 0) is 23.8 Å². The first-order valence-corrected chi connectivity index (χ1v) is 5.84. The maximum atomic E-state index is 11.7. The van der Waals surface area contributed by atoms with E-state index < -0.39 is 5.91 Å². The molecule has 1 aliphatic heterocycles. The molecule has 1 aliphatic rings. The molecule has 1 aromatic carbocycles. The van der Waals surface area contributed by atoms with E-state index in [-0.39, 0.29) is 29.6 Å². The number of nitrogens with one attached hydrogen (secondary N) is 2. The Hall–Kier alpha value is -2.67. The van der Waals surface area contributed by atoms with Crippen LogP contribution in [-0.2, 0) is 9.59 Å². The summed E-state index contributed by atoms with van der Waals surface area (Å²) in [5, 5.41) is 11.0. The molecule has 7 heteroatoms. The number of nitrogens with zero attached hydrogens (tertiary/aromatic N) is 1. The molecule has 1 fully saturated rings. The van der Waals surface area contributed by atoms with Gasteiger partial charge in [-0.25, -0.2) is 5.48 Å². The van der Waals surface area contributed by atoms with Crippen molar-refractivity contribution in [2.75, 3.05) is 13.6 Å². The van der Waals surface area contributed by atoms with Gasteiger partial charge in [0.25, 0.3) is 11.8 Å². The second kappa shape index (κ2) is 5.54. The lowest BCUT2D eigenvalue weighted by molar-refractivity contribution is -0.135. The molecule has 3 N–H and O–H groups in total. The smallest absolute Gasteiger partial charge is 0.274 e. The maximum absolute atomic E-state index is 11.7. The third-order valence-corrected chi connectivity index (χ3v) is 2.95. The van der Waals surface area contributed by atoms with Crippen LogP contribution in [0.15, 0.2) is 30.0 Å². The van der Waals surface area contributed by atoms with Crippen LogP contribution >= 0.6 is 0 Å². The number of carbonyl (C=O) groups is 3. The fourth-order valence-corrected chi connectivity index (χ4v) is 1.77. The number of benzene rings is 1. The van der Waals surface area contributed by atoms with Gasteiger partial charge in [-0.15, -0.1) is 0 Å². The van der Waals surface area contributed by atoms with Gasteiger partial charge in [-0.3, -0.25) is 19.6 Å². The summed E-state index contributed by atoms with van der Waals surface area (Å²) in [5.41, 5.74) is 2.71. The Morgan fingerprint density at radius 3 is 2.60 bits per heavy atom. The molecule has 0 bridgehead atoms. The van der Waals surface area contributed by atoms with Crippen LogP contribution in [0.1, 0.15) is 15.9 Å². The van der Waals surface area contributed by atoms with E-state index in [1.165, 1.54) is 29.6 Å². The van der Waals surface area contributed by atoms with Crippen LogP contribution in [0.3, 0.4) is 0 Å². The zero-order valence-corrected chi connectivity index (χ0v) is 10.7. The fourth-order valence-electron chi connectivity index (χ4n) is 1.77. The minimum atomic E-state index is -0.619. The van der Waals surface area contributed by atoms with Crippen molar-refractivity contribution in [3.8, 4) is 0 Å². The van der Waals surface area contributed by atoms with E-state index in [4.69, 9.17) is 5.21 Å². The Morgan fingerprint density at radius 2 is 2.00 bits per heavy atom. The van der Waals surface area contributed by atoms with Crippen molar-refractivity contribution in [2.24, 2.45) is 0 Å². The quantitative estimate of drug-likeness (QED) is 0.393. The molecule has 0 aliphatic carbocycles. The summed E-state index contributed by atoms with van der Waals surface area (Å²) in [6, 6.07) is 6.22. The van der Waals surface area contributed by atoms with E-state index in [1.54, 1.807) is 18.2 Å². The van der Waals surface area contributed by atoms with E-state index in [0.717, 1.165) is 0 Å². The van der Waals surface area contributed by atoms with Gasteiger partial charge in [0.1, 0.15) is 5.70 Å². The van der Waals surface area contributed by atoms with Gasteiger partial charge in [0.2, 0.25) is 5.91 Å². The number of piperazine rings is 1. The number of likely N-dealkylation sites (N-methyl/N-ethyl adjacent to an activating group) is 1. The van der Waals surface area contributed by atoms with Crippen molar-refractivity contribution in [1.82, 2.24) is 15.7 Å². The van der Waals surface area contributed by atoms with Crippen LogP contribution in [-0.4, -0.2) is 41.4 Å². The van der Waals surface area contributed by atoms with Gasteiger partial charge in [0.15, 0.2) is 0 Å². The average molecular weight is 275 g/mol. The van der Waals surface area contributed by atoms with Gasteiger partial charge in [-0.1, -0.05) is 12.1 Å².